The van der Waals surface area contributed by atoms with Gasteiger partial charge in [-0.3, -0.25) is 0 Å². The highest BCUT2D eigenvalue weighted by Gasteiger charge is 2.13. The summed E-state index contributed by atoms with van der Waals surface area (Å²) in [6.45, 7) is 7.39. The summed E-state index contributed by atoms with van der Waals surface area (Å²) in [5.74, 6) is 0. The predicted octanol–water partition coefficient (Wildman–Crippen LogP) is 2.25. The first-order chi connectivity index (χ1) is 7.92. The Morgan fingerprint density at radius 1 is 1.35 bits per heavy atom. The molecule has 2 N–H and O–H groups in total. The fourth-order valence-electron chi connectivity index (χ4n) is 1.58. The van der Waals surface area contributed by atoms with Crippen LogP contribution in [-0.2, 0) is 11.3 Å². The summed E-state index contributed by atoms with van der Waals surface area (Å²) in [5, 5.41) is 13.4. The number of aliphatic hydroxyl groups is 1. The molecule has 1 aromatic carbocycles. The molecule has 3 heteroatoms. The lowest BCUT2D eigenvalue weighted by Crippen LogP contribution is -2.38. The van der Waals surface area contributed by atoms with E-state index in [-0.39, 0.29) is 5.54 Å². The molecule has 0 aliphatic heterocycles. The van der Waals surface area contributed by atoms with Crippen molar-refractivity contribution in [3.63, 3.8) is 0 Å². The summed E-state index contributed by atoms with van der Waals surface area (Å²) in [6, 6.07) is 7.87. The highest BCUT2D eigenvalue weighted by Crippen LogP contribution is 2.15. The number of methoxy groups -OCH3 is 1. The molecule has 0 spiro atoms. The molecule has 0 fully saturated rings. The van der Waals surface area contributed by atoms with Crippen LogP contribution in [0.3, 0.4) is 0 Å². The normalized spacial score (nSPS) is 13.7. The van der Waals surface area contributed by atoms with Gasteiger partial charge in [0.2, 0.25) is 0 Å². The summed E-state index contributed by atoms with van der Waals surface area (Å²) >= 11 is 0. The maximum absolute atomic E-state index is 10.1. The van der Waals surface area contributed by atoms with Crippen LogP contribution in [0, 0.1) is 0 Å². The van der Waals surface area contributed by atoms with Crippen molar-refractivity contribution < 1.29 is 9.84 Å². The number of ether oxygens (including phenoxy) is 1. The average molecular weight is 237 g/mol. The van der Waals surface area contributed by atoms with Crippen LogP contribution in [0.25, 0.3) is 0 Å². The molecule has 17 heavy (non-hydrogen) atoms. The minimum atomic E-state index is -0.481. The highest BCUT2D eigenvalue weighted by molar-refractivity contribution is 5.25. The topological polar surface area (TPSA) is 41.5 Å². The standard InChI is InChI=1S/C14H23NO2/c1-14(2,3)15-9-13(16)12-7-5-6-11(8-12)10-17-4/h5-8,13,15-16H,9-10H2,1-4H3. The summed E-state index contributed by atoms with van der Waals surface area (Å²) in [7, 11) is 1.67. The lowest BCUT2D eigenvalue weighted by Gasteiger charge is -2.23. The van der Waals surface area contributed by atoms with E-state index in [2.05, 4.69) is 26.1 Å². The van der Waals surface area contributed by atoms with Gasteiger partial charge in [0.05, 0.1) is 12.7 Å². The van der Waals surface area contributed by atoms with Gasteiger partial charge < -0.3 is 15.2 Å². The van der Waals surface area contributed by atoms with E-state index in [9.17, 15) is 5.11 Å². The monoisotopic (exact) mass is 237 g/mol. The molecule has 1 atom stereocenters. The second-order valence-corrected chi connectivity index (χ2v) is 5.32. The SMILES string of the molecule is COCc1cccc(C(O)CNC(C)(C)C)c1. The molecular weight excluding hydrogens is 214 g/mol. The molecule has 1 unspecified atom stereocenters. The molecule has 1 rings (SSSR count). The van der Waals surface area contributed by atoms with E-state index >= 15 is 0 Å². The third-order valence-corrected chi connectivity index (χ3v) is 2.47. The molecule has 0 amide bonds. The number of β-amino-alcohol motifs (C(OH)–C–C–N with tert-alkyl or cyclic N) is 1. The lowest BCUT2D eigenvalue weighted by atomic mass is 10.0. The van der Waals surface area contributed by atoms with Crippen LogP contribution in [0.2, 0.25) is 0 Å². The molecule has 0 bridgehead atoms. The molecular formula is C14H23NO2. The Labute approximate surface area is 104 Å². The minimum Gasteiger partial charge on any atom is -0.387 e. The maximum atomic E-state index is 10.1. The Morgan fingerprint density at radius 2 is 2.06 bits per heavy atom. The van der Waals surface area contributed by atoms with Crippen LogP contribution in [0.15, 0.2) is 24.3 Å². The van der Waals surface area contributed by atoms with Gasteiger partial charge in [0.15, 0.2) is 0 Å². The van der Waals surface area contributed by atoms with Crippen molar-refractivity contribution in [2.45, 2.75) is 39.0 Å². The zero-order valence-electron chi connectivity index (χ0n) is 11.2. The van der Waals surface area contributed by atoms with Gasteiger partial charge in [-0.1, -0.05) is 24.3 Å². The third-order valence-electron chi connectivity index (χ3n) is 2.47. The maximum Gasteiger partial charge on any atom is 0.0914 e. The quantitative estimate of drug-likeness (QED) is 0.825. The Balaban J connectivity index is 2.62. The first-order valence-electron chi connectivity index (χ1n) is 5.93. The molecule has 0 aliphatic rings. The van der Waals surface area contributed by atoms with Crippen LogP contribution in [0.4, 0.5) is 0 Å². The largest absolute Gasteiger partial charge is 0.387 e. The Morgan fingerprint density at radius 3 is 2.65 bits per heavy atom. The van der Waals surface area contributed by atoms with E-state index in [0.29, 0.717) is 13.2 Å². The molecule has 1 aromatic rings. The first kappa shape index (κ1) is 14.2. The van der Waals surface area contributed by atoms with Crippen molar-refractivity contribution in [1.29, 1.82) is 0 Å². The Kier molecular flexibility index (Phi) is 5.12. The second kappa shape index (κ2) is 6.15. The summed E-state index contributed by atoms with van der Waals surface area (Å²) in [6.07, 6.45) is -0.481. The van der Waals surface area contributed by atoms with Gasteiger partial charge in [-0.2, -0.15) is 0 Å². The number of nitrogens with one attached hydrogen (secondary N) is 1. The molecule has 0 heterocycles. The van der Waals surface area contributed by atoms with Gasteiger partial charge in [-0.05, 0) is 31.9 Å². The molecule has 96 valence electrons. The fraction of sp³-hybridized carbons (Fsp3) is 0.571. The van der Waals surface area contributed by atoms with Crippen LogP contribution < -0.4 is 5.32 Å². The third kappa shape index (κ3) is 5.31. The molecule has 0 radical (unpaired) electrons. The number of hydrogen-bond acceptors (Lipinski definition) is 3. The van der Waals surface area contributed by atoms with Gasteiger partial charge in [0.25, 0.3) is 0 Å². The van der Waals surface area contributed by atoms with E-state index in [0.717, 1.165) is 11.1 Å². The Hall–Kier alpha value is -0.900. The van der Waals surface area contributed by atoms with Gasteiger partial charge >= 0.3 is 0 Å². The second-order valence-electron chi connectivity index (χ2n) is 5.32. The zero-order chi connectivity index (χ0) is 12.9. The van der Waals surface area contributed by atoms with Gasteiger partial charge in [-0.15, -0.1) is 0 Å². The Bertz CT molecular complexity index is 344. The van der Waals surface area contributed by atoms with E-state index in [4.69, 9.17) is 4.74 Å². The minimum absolute atomic E-state index is 0.0190. The average Bonchev–Trinajstić information content (AvgIpc) is 2.26. The van der Waals surface area contributed by atoms with E-state index < -0.39 is 6.10 Å². The number of hydrogen-bond donors (Lipinski definition) is 2. The molecule has 0 aliphatic carbocycles. The van der Waals surface area contributed by atoms with Crippen LogP contribution in [0.5, 0.6) is 0 Å². The molecule has 3 nitrogen and oxygen atoms in total. The highest BCUT2D eigenvalue weighted by atomic mass is 16.5. The van der Waals surface area contributed by atoms with Crippen LogP contribution >= 0.6 is 0 Å². The smallest absolute Gasteiger partial charge is 0.0914 e. The van der Waals surface area contributed by atoms with Gasteiger partial charge in [0.1, 0.15) is 0 Å². The molecule has 0 saturated heterocycles. The van der Waals surface area contributed by atoms with E-state index in [1.54, 1.807) is 7.11 Å². The summed E-state index contributed by atoms with van der Waals surface area (Å²) < 4.78 is 5.08. The molecule has 0 aromatic heterocycles. The van der Waals surface area contributed by atoms with E-state index in [1.165, 1.54) is 0 Å². The van der Waals surface area contributed by atoms with Crippen molar-refractivity contribution >= 4 is 0 Å². The zero-order valence-corrected chi connectivity index (χ0v) is 11.2. The lowest BCUT2D eigenvalue weighted by molar-refractivity contribution is 0.162. The van der Waals surface area contributed by atoms with Crippen LogP contribution in [-0.4, -0.2) is 24.3 Å². The van der Waals surface area contributed by atoms with Crippen molar-refractivity contribution in [2.75, 3.05) is 13.7 Å². The van der Waals surface area contributed by atoms with Crippen LogP contribution in [0.1, 0.15) is 38.0 Å². The summed E-state index contributed by atoms with van der Waals surface area (Å²) in [4.78, 5) is 0. The van der Waals surface area contributed by atoms with Crippen molar-refractivity contribution in [3.05, 3.63) is 35.4 Å². The first-order valence-corrected chi connectivity index (χ1v) is 5.93. The predicted molar refractivity (Wildman–Crippen MR) is 69.9 cm³/mol. The number of aliphatic hydroxyl groups excluding tert-OH is 1. The van der Waals surface area contributed by atoms with Crippen molar-refractivity contribution in [2.24, 2.45) is 0 Å². The number of benzene rings is 1. The molecule has 0 saturated carbocycles. The van der Waals surface area contributed by atoms with Crippen molar-refractivity contribution in [1.82, 2.24) is 5.32 Å². The van der Waals surface area contributed by atoms with Crippen molar-refractivity contribution in [3.8, 4) is 0 Å². The number of rotatable bonds is 5. The van der Waals surface area contributed by atoms with E-state index in [1.807, 2.05) is 24.3 Å². The van der Waals surface area contributed by atoms with Gasteiger partial charge in [-0.25, -0.2) is 0 Å². The van der Waals surface area contributed by atoms with Gasteiger partial charge in [0, 0.05) is 19.2 Å². The summed E-state index contributed by atoms with van der Waals surface area (Å²) in [5.41, 5.74) is 2.03. The fourth-order valence-corrected chi connectivity index (χ4v) is 1.58.